The maximum Gasteiger partial charge on any atom is 0.253 e. The molecule has 5 nitrogen and oxygen atoms in total. The Balaban J connectivity index is 2.60. The third kappa shape index (κ3) is 1.46. The fourth-order valence-electron chi connectivity index (χ4n) is 1.42. The van der Waals surface area contributed by atoms with Crippen LogP contribution in [0.5, 0.6) is 5.88 Å². The highest BCUT2D eigenvalue weighted by Crippen LogP contribution is 2.25. The van der Waals surface area contributed by atoms with Crippen molar-refractivity contribution in [2.45, 2.75) is 0 Å². The number of para-hydroxylation sites is 1. The summed E-state index contributed by atoms with van der Waals surface area (Å²) in [6.45, 7) is 0. The minimum atomic E-state index is 0.240. The van der Waals surface area contributed by atoms with Gasteiger partial charge in [-0.05, 0) is 12.1 Å². The lowest BCUT2D eigenvalue weighted by Crippen LogP contribution is -2.01. The molecule has 0 saturated heterocycles. The predicted octanol–water partition coefficient (Wildman–Crippen LogP) is 1.33. The van der Waals surface area contributed by atoms with Gasteiger partial charge in [-0.25, -0.2) is 4.68 Å². The highest BCUT2D eigenvalue weighted by molar-refractivity contribution is 5.58. The molecule has 1 aromatic heterocycles. The van der Waals surface area contributed by atoms with Crippen molar-refractivity contribution in [2.24, 2.45) is 0 Å². The second kappa shape index (κ2) is 3.95. The van der Waals surface area contributed by atoms with Crippen LogP contribution in [0.3, 0.4) is 0 Å². The maximum absolute atomic E-state index is 8.93. The number of aromatic nitrogens is 2. The van der Waals surface area contributed by atoms with Gasteiger partial charge in [0.05, 0.1) is 12.8 Å². The van der Waals surface area contributed by atoms with Crippen LogP contribution in [-0.2, 0) is 0 Å². The van der Waals surface area contributed by atoms with Gasteiger partial charge in [0.2, 0.25) is 0 Å². The van der Waals surface area contributed by atoms with Crippen molar-refractivity contribution < 1.29 is 4.74 Å². The molecule has 1 heterocycles. The molecule has 5 heteroatoms. The smallest absolute Gasteiger partial charge is 0.253 e. The van der Waals surface area contributed by atoms with E-state index in [2.05, 4.69) is 5.10 Å². The van der Waals surface area contributed by atoms with Crippen LogP contribution in [0.25, 0.3) is 5.69 Å². The van der Waals surface area contributed by atoms with Crippen molar-refractivity contribution in [3.63, 3.8) is 0 Å². The summed E-state index contributed by atoms with van der Waals surface area (Å²) in [5.74, 6) is 0.523. The molecule has 0 amide bonds. The molecule has 0 atom stereocenters. The second-order valence-corrected chi connectivity index (χ2v) is 3.13. The molecule has 0 unspecified atom stereocenters. The molecule has 80 valence electrons. The molecule has 0 aliphatic carbocycles. The third-order valence-corrected chi connectivity index (χ3v) is 2.19. The van der Waals surface area contributed by atoms with Gasteiger partial charge in [-0.2, -0.15) is 5.26 Å². The van der Waals surface area contributed by atoms with Gasteiger partial charge in [-0.3, -0.25) is 0 Å². The van der Waals surface area contributed by atoms with E-state index in [9.17, 15) is 0 Å². The van der Waals surface area contributed by atoms with E-state index in [1.54, 1.807) is 0 Å². The van der Waals surface area contributed by atoms with E-state index in [-0.39, 0.29) is 17.3 Å². The lowest BCUT2D eigenvalue weighted by Gasteiger charge is -2.01. The SMILES string of the molecule is COc1nn(-c2ccccc2)c(N)c1C#N. The predicted molar refractivity (Wildman–Crippen MR) is 59.2 cm³/mol. The molecule has 0 fully saturated rings. The Labute approximate surface area is 92.7 Å². The van der Waals surface area contributed by atoms with E-state index < -0.39 is 0 Å². The molecule has 0 aliphatic heterocycles. The Morgan fingerprint density at radius 1 is 1.38 bits per heavy atom. The van der Waals surface area contributed by atoms with Gasteiger partial charge < -0.3 is 10.5 Å². The minimum Gasteiger partial charge on any atom is -0.479 e. The first-order chi connectivity index (χ1) is 7.77. The van der Waals surface area contributed by atoms with E-state index in [1.807, 2.05) is 36.4 Å². The largest absolute Gasteiger partial charge is 0.479 e. The number of benzene rings is 1. The van der Waals surface area contributed by atoms with Crippen molar-refractivity contribution in [1.29, 1.82) is 5.26 Å². The fourth-order valence-corrected chi connectivity index (χ4v) is 1.42. The van der Waals surface area contributed by atoms with Crippen LogP contribution in [-0.4, -0.2) is 16.9 Å². The highest BCUT2D eigenvalue weighted by Gasteiger charge is 2.16. The quantitative estimate of drug-likeness (QED) is 0.818. The molecule has 0 spiro atoms. The number of ether oxygens (including phenoxy) is 1. The average Bonchev–Trinajstić information content (AvgIpc) is 2.66. The summed E-state index contributed by atoms with van der Waals surface area (Å²) in [6.07, 6.45) is 0. The lowest BCUT2D eigenvalue weighted by molar-refractivity contribution is 0.393. The van der Waals surface area contributed by atoms with E-state index in [0.717, 1.165) is 5.69 Å². The van der Waals surface area contributed by atoms with Crippen molar-refractivity contribution in [1.82, 2.24) is 9.78 Å². The monoisotopic (exact) mass is 214 g/mol. The molecule has 0 saturated carbocycles. The number of methoxy groups -OCH3 is 1. The maximum atomic E-state index is 8.93. The summed E-state index contributed by atoms with van der Waals surface area (Å²) >= 11 is 0. The molecular weight excluding hydrogens is 204 g/mol. The van der Waals surface area contributed by atoms with Crippen LogP contribution in [0.1, 0.15) is 5.56 Å². The van der Waals surface area contributed by atoms with Gasteiger partial charge in [-0.1, -0.05) is 18.2 Å². The Kier molecular flexibility index (Phi) is 2.48. The number of nitriles is 1. The standard InChI is InChI=1S/C11H10N4O/c1-16-11-9(7-12)10(13)15(14-11)8-5-3-2-4-6-8/h2-6H,13H2,1H3. The van der Waals surface area contributed by atoms with Crippen LogP contribution in [0.15, 0.2) is 30.3 Å². The summed E-state index contributed by atoms with van der Waals surface area (Å²) in [6, 6.07) is 11.3. The fraction of sp³-hybridized carbons (Fsp3) is 0.0909. The lowest BCUT2D eigenvalue weighted by atomic mass is 10.3. The van der Waals surface area contributed by atoms with E-state index in [1.165, 1.54) is 11.8 Å². The summed E-state index contributed by atoms with van der Waals surface area (Å²) in [5, 5.41) is 13.0. The van der Waals surface area contributed by atoms with Crippen LogP contribution in [0.4, 0.5) is 5.82 Å². The zero-order valence-corrected chi connectivity index (χ0v) is 8.71. The zero-order valence-electron chi connectivity index (χ0n) is 8.71. The first-order valence-electron chi connectivity index (χ1n) is 4.66. The number of nitrogens with zero attached hydrogens (tertiary/aromatic N) is 3. The van der Waals surface area contributed by atoms with Gasteiger partial charge in [0.1, 0.15) is 11.9 Å². The van der Waals surface area contributed by atoms with Gasteiger partial charge in [0, 0.05) is 0 Å². The number of hydrogen-bond donors (Lipinski definition) is 1. The van der Waals surface area contributed by atoms with E-state index in [4.69, 9.17) is 15.7 Å². The van der Waals surface area contributed by atoms with Crippen molar-refractivity contribution >= 4 is 5.82 Å². The van der Waals surface area contributed by atoms with Gasteiger partial charge >= 0.3 is 0 Å². The Morgan fingerprint density at radius 3 is 2.56 bits per heavy atom. The van der Waals surface area contributed by atoms with Crippen molar-refractivity contribution in [3.05, 3.63) is 35.9 Å². The number of nitrogens with two attached hydrogens (primary N) is 1. The molecule has 2 rings (SSSR count). The molecule has 2 aromatic rings. The Bertz CT molecular complexity index is 539. The van der Waals surface area contributed by atoms with Gasteiger partial charge in [-0.15, -0.1) is 5.10 Å². The van der Waals surface area contributed by atoms with Crippen LogP contribution in [0, 0.1) is 11.3 Å². The van der Waals surface area contributed by atoms with Crippen LogP contribution in [0.2, 0.25) is 0 Å². The van der Waals surface area contributed by atoms with E-state index >= 15 is 0 Å². The molecule has 0 radical (unpaired) electrons. The number of hydrogen-bond acceptors (Lipinski definition) is 4. The van der Waals surface area contributed by atoms with Gasteiger partial charge in [0.25, 0.3) is 5.88 Å². The number of nitrogen functional groups attached to an aromatic ring is 1. The summed E-state index contributed by atoms with van der Waals surface area (Å²) in [7, 11) is 1.46. The first-order valence-corrected chi connectivity index (χ1v) is 4.66. The number of anilines is 1. The van der Waals surface area contributed by atoms with Crippen molar-refractivity contribution in [2.75, 3.05) is 12.8 Å². The van der Waals surface area contributed by atoms with Crippen LogP contribution >= 0.6 is 0 Å². The Hall–Kier alpha value is -2.48. The topological polar surface area (TPSA) is 76.9 Å². The third-order valence-electron chi connectivity index (χ3n) is 2.19. The normalized spacial score (nSPS) is 9.75. The minimum absolute atomic E-state index is 0.240. The first kappa shape index (κ1) is 10.1. The second-order valence-electron chi connectivity index (χ2n) is 3.13. The summed E-state index contributed by atoms with van der Waals surface area (Å²) < 4.78 is 6.47. The molecule has 1 aromatic carbocycles. The zero-order chi connectivity index (χ0) is 11.5. The van der Waals surface area contributed by atoms with E-state index in [0.29, 0.717) is 0 Å². The molecule has 0 bridgehead atoms. The average molecular weight is 214 g/mol. The summed E-state index contributed by atoms with van der Waals surface area (Å²) in [4.78, 5) is 0. The Morgan fingerprint density at radius 2 is 2.06 bits per heavy atom. The van der Waals surface area contributed by atoms with Crippen LogP contribution < -0.4 is 10.5 Å². The molecular formula is C11H10N4O. The van der Waals surface area contributed by atoms with Gasteiger partial charge in [0.15, 0.2) is 5.56 Å². The summed E-state index contributed by atoms with van der Waals surface area (Å²) in [5.41, 5.74) is 6.87. The molecule has 0 aliphatic rings. The number of rotatable bonds is 2. The molecule has 2 N–H and O–H groups in total. The highest BCUT2D eigenvalue weighted by atomic mass is 16.5. The van der Waals surface area contributed by atoms with Crippen molar-refractivity contribution in [3.8, 4) is 17.6 Å². The molecule has 16 heavy (non-hydrogen) atoms.